The number of sulfonamides is 1. The van der Waals surface area contributed by atoms with Crippen LogP contribution in [0.5, 0.6) is 5.75 Å². The molecule has 4 nitrogen and oxygen atoms in total. The van der Waals surface area contributed by atoms with Crippen molar-refractivity contribution >= 4 is 10.0 Å². The maximum atomic E-state index is 13.2. The van der Waals surface area contributed by atoms with E-state index in [1.54, 1.807) is 14.0 Å². The molecule has 2 aromatic carbocycles. The first-order chi connectivity index (χ1) is 10.9. The number of fused-ring (bicyclic) bond motifs is 1. The van der Waals surface area contributed by atoms with Gasteiger partial charge in [-0.15, -0.1) is 0 Å². The van der Waals surface area contributed by atoms with Gasteiger partial charge in [-0.05, 0) is 60.4 Å². The molecule has 1 aliphatic rings. The molecular formula is C17H18FNO3S. The van der Waals surface area contributed by atoms with Crippen LogP contribution in [0, 0.1) is 12.7 Å². The van der Waals surface area contributed by atoms with E-state index >= 15 is 0 Å². The second-order valence-electron chi connectivity index (χ2n) is 5.63. The van der Waals surface area contributed by atoms with Crippen molar-refractivity contribution < 1.29 is 17.5 Å². The quantitative estimate of drug-likeness (QED) is 0.866. The summed E-state index contributed by atoms with van der Waals surface area (Å²) in [5.41, 5.74) is 2.50. The molecule has 0 fully saturated rings. The van der Waals surface area contributed by atoms with Gasteiger partial charge in [0.15, 0.2) is 0 Å². The number of nitrogens with zero attached hydrogens (tertiary/aromatic N) is 1. The number of hydrogen-bond donors (Lipinski definition) is 0. The predicted molar refractivity (Wildman–Crippen MR) is 85.4 cm³/mol. The van der Waals surface area contributed by atoms with Crippen LogP contribution in [0.25, 0.3) is 0 Å². The minimum Gasteiger partial charge on any atom is -0.497 e. The van der Waals surface area contributed by atoms with Gasteiger partial charge in [-0.25, -0.2) is 12.8 Å². The van der Waals surface area contributed by atoms with Crippen molar-refractivity contribution in [3.05, 3.63) is 58.9 Å². The molecule has 6 heteroatoms. The maximum absolute atomic E-state index is 13.2. The molecule has 3 rings (SSSR count). The first-order valence-electron chi connectivity index (χ1n) is 7.34. The number of halogens is 1. The first-order valence-corrected chi connectivity index (χ1v) is 8.78. The average molecular weight is 335 g/mol. The summed E-state index contributed by atoms with van der Waals surface area (Å²) in [5.74, 6) is 0.340. The van der Waals surface area contributed by atoms with E-state index < -0.39 is 15.8 Å². The zero-order valence-electron chi connectivity index (χ0n) is 13.0. The molecule has 122 valence electrons. The predicted octanol–water partition coefficient (Wildman–Crippen LogP) is 2.89. The highest BCUT2D eigenvalue weighted by Crippen LogP contribution is 2.28. The Balaban J connectivity index is 1.93. The Morgan fingerprint density at radius 3 is 2.61 bits per heavy atom. The molecule has 0 saturated heterocycles. The van der Waals surface area contributed by atoms with E-state index in [-0.39, 0.29) is 4.90 Å². The second kappa shape index (κ2) is 5.94. The lowest BCUT2D eigenvalue weighted by Gasteiger charge is -2.28. The smallest absolute Gasteiger partial charge is 0.243 e. The number of rotatable bonds is 3. The molecule has 0 aromatic heterocycles. The molecule has 2 aromatic rings. The molecule has 0 spiro atoms. The SMILES string of the molecule is COc1ccc2c(c1)CCN(S(=O)(=O)c1ccc(F)cc1C)C2. The third-order valence-electron chi connectivity index (χ3n) is 4.15. The van der Waals surface area contributed by atoms with Gasteiger partial charge in [-0.1, -0.05) is 6.07 Å². The Morgan fingerprint density at radius 1 is 1.13 bits per heavy atom. The summed E-state index contributed by atoms with van der Waals surface area (Å²) in [6.45, 7) is 2.33. The third-order valence-corrected chi connectivity index (χ3v) is 6.15. The van der Waals surface area contributed by atoms with Crippen LogP contribution < -0.4 is 4.74 Å². The van der Waals surface area contributed by atoms with Gasteiger partial charge in [0.2, 0.25) is 10.0 Å². The summed E-state index contributed by atoms with van der Waals surface area (Å²) >= 11 is 0. The van der Waals surface area contributed by atoms with Crippen molar-refractivity contribution in [2.24, 2.45) is 0 Å². The van der Waals surface area contributed by atoms with Crippen LogP contribution in [-0.4, -0.2) is 26.4 Å². The minimum absolute atomic E-state index is 0.163. The van der Waals surface area contributed by atoms with Gasteiger partial charge in [0.25, 0.3) is 0 Å². The Morgan fingerprint density at radius 2 is 1.91 bits per heavy atom. The summed E-state index contributed by atoms with van der Waals surface area (Å²) < 4.78 is 45.5. The molecule has 0 bridgehead atoms. The Hall–Kier alpha value is -1.92. The van der Waals surface area contributed by atoms with Crippen LogP contribution in [-0.2, 0) is 23.0 Å². The van der Waals surface area contributed by atoms with E-state index in [1.165, 1.54) is 22.5 Å². The molecule has 0 atom stereocenters. The highest BCUT2D eigenvalue weighted by molar-refractivity contribution is 7.89. The van der Waals surface area contributed by atoms with Crippen molar-refractivity contribution in [2.45, 2.75) is 24.8 Å². The summed E-state index contributed by atoms with van der Waals surface area (Å²) in [5, 5.41) is 0. The number of methoxy groups -OCH3 is 1. The molecule has 0 unspecified atom stereocenters. The largest absolute Gasteiger partial charge is 0.497 e. The standard InChI is InChI=1S/C17H18FNO3S/c1-12-9-15(18)4-6-17(12)23(20,21)19-8-7-13-10-16(22-2)5-3-14(13)11-19/h3-6,9-10H,7-8,11H2,1-2H3. The lowest BCUT2D eigenvalue weighted by Crippen LogP contribution is -2.36. The van der Waals surface area contributed by atoms with Crippen molar-refractivity contribution in [3.63, 3.8) is 0 Å². The second-order valence-corrected chi connectivity index (χ2v) is 7.54. The normalized spacial score (nSPS) is 15.3. The van der Waals surface area contributed by atoms with Gasteiger partial charge in [-0.2, -0.15) is 4.31 Å². The van der Waals surface area contributed by atoms with Crippen molar-refractivity contribution in [1.82, 2.24) is 4.31 Å². The fourth-order valence-electron chi connectivity index (χ4n) is 2.88. The molecule has 23 heavy (non-hydrogen) atoms. The molecule has 0 radical (unpaired) electrons. The van der Waals surface area contributed by atoms with Crippen molar-refractivity contribution in [1.29, 1.82) is 0 Å². The average Bonchev–Trinajstić information content (AvgIpc) is 2.53. The lowest BCUT2D eigenvalue weighted by atomic mass is 10.0. The van der Waals surface area contributed by atoms with Crippen molar-refractivity contribution in [3.8, 4) is 5.75 Å². The summed E-state index contributed by atoms with van der Waals surface area (Å²) in [4.78, 5) is 0.163. The number of aryl methyl sites for hydroxylation is 1. The van der Waals surface area contributed by atoms with Crippen LogP contribution in [0.15, 0.2) is 41.3 Å². The van der Waals surface area contributed by atoms with Crippen LogP contribution in [0.4, 0.5) is 4.39 Å². The molecule has 0 aliphatic carbocycles. The summed E-state index contributed by atoms with van der Waals surface area (Å²) in [6.07, 6.45) is 0.631. The Kier molecular flexibility index (Phi) is 4.12. The van der Waals surface area contributed by atoms with E-state index in [1.807, 2.05) is 18.2 Å². The van der Waals surface area contributed by atoms with E-state index in [9.17, 15) is 12.8 Å². The lowest BCUT2D eigenvalue weighted by molar-refractivity contribution is 0.386. The third kappa shape index (κ3) is 2.96. The number of hydrogen-bond acceptors (Lipinski definition) is 3. The first kappa shape index (κ1) is 16.0. The molecule has 1 heterocycles. The Bertz CT molecular complexity index is 849. The van der Waals surface area contributed by atoms with Gasteiger partial charge >= 0.3 is 0 Å². The van der Waals surface area contributed by atoms with Gasteiger partial charge in [0, 0.05) is 13.1 Å². The summed E-state index contributed by atoms with van der Waals surface area (Å²) in [6, 6.07) is 9.44. The molecule has 0 amide bonds. The van der Waals surface area contributed by atoms with Crippen LogP contribution in [0.1, 0.15) is 16.7 Å². The highest BCUT2D eigenvalue weighted by atomic mass is 32.2. The topological polar surface area (TPSA) is 46.6 Å². The molecule has 1 aliphatic heterocycles. The maximum Gasteiger partial charge on any atom is 0.243 e. The highest BCUT2D eigenvalue weighted by Gasteiger charge is 2.29. The fourth-order valence-corrected chi connectivity index (χ4v) is 4.50. The fraction of sp³-hybridized carbons (Fsp3) is 0.294. The zero-order chi connectivity index (χ0) is 16.6. The molecular weight excluding hydrogens is 317 g/mol. The van der Waals surface area contributed by atoms with E-state index in [0.717, 1.165) is 16.9 Å². The minimum atomic E-state index is -3.63. The van der Waals surface area contributed by atoms with E-state index in [0.29, 0.717) is 25.1 Å². The van der Waals surface area contributed by atoms with Gasteiger partial charge in [-0.3, -0.25) is 0 Å². The molecule has 0 N–H and O–H groups in total. The van der Waals surface area contributed by atoms with Crippen molar-refractivity contribution in [2.75, 3.05) is 13.7 Å². The number of benzene rings is 2. The monoisotopic (exact) mass is 335 g/mol. The van der Waals surface area contributed by atoms with Gasteiger partial charge in [0.05, 0.1) is 12.0 Å². The zero-order valence-corrected chi connectivity index (χ0v) is 13.9. The van der Waals surface area contributed by atoms with E-state index in [4.69, 9.17) is 4.74 Å². The van der Waals surface area contributed by atoms with Gasteiger partial charge in [0.1, 0.15) is 11.6 Å². The Labute approximate surface area is 135 Å². The van der Waals surface area contributed by atoms with Gasteiger partial charge < -0.3 is 4.74 Å². The molecule has 0 saturated carbocycles. The van der Waals surface area contributed by atoms with E-state index in [2.05, 4.69) is 0 Å². The van der Waals surface area contributed by atoms with Crippen LogP contribution in [0.2, 0.25) is 0 Å². The van der Waals surface area contributed by atoms with Crippen LogP contribution >= 0.6 is 0 Å². The van der Waals surface area contributed by atoms with Crippen LogP contribution in [0.3, 0.4) is 0 Å². The summed E-state index contributed by atoms with van der Waals surface area (Å²) in [7, 11) is -2.02. The number of ether oxygens (including phenoxy) is 1.